The smallest absolute Gasteiger partial charge is 0.336 e. The molecule has 31 heavy (non-hydrogen) atoms. The highest BCUT2D eigenvalue weighted by molar-refractivity contribution is 5.89. The van der Waals surface area contributed by atoms with Crippen molar-refractivity contribution in [3.8, 4) is 17.2 Å². The second-order valence-electron chi connectivity index (χ2n) is 6.82. The maximum atomic E-state index is 12.8. The van der Waals surface area contributed by atoms with Crippen molar-refractivity contribution < 1.29 is 18.7 Å². The number of carbonyl (C=O) groups is 1. The third kappa shape index (κ3) is 4.73. The van der Waals surface area contributed by atoms with Gasteiger partial charge in [0.05, 0.1) is 5.39 Å². The Morgan fingerprint density at radius 1 is 0.968 bits per heavy atom. The third-order valence-corrected chi connectivity index (χ3v) is 4.72. The summed E-state index contributed by atoms with van der Waals surface area (Å²) in [6.45, 7) is 2.02. The Bertz CT molecular complexity index is 1300. The molecule has 4 aromatic rings. The maximum Gasteiger partial charge on any atom is 0.336 e. The molecule has 154 valence electrons. The van der Waals surface area contributed by atoms with Gasteiger partial charge in [0, 0.05) is 12.1 Å². The first-order chi connectivity index (χ1) is 15.1. The summed E-state index contributed by atoms with van der Waals surface area (Å²) in [4.78, 5) is 24.9. The number of ether oxygens (including phenoxy) is 2. The molecule has 0 saturated carbocycles. The fraction of sp³-hybridized carbons (Fsp3) is 0.0769. The predicted octanol–water partition coefficient (Wildman–Crippen LogP) is 5.77. The van der Waals surface area contributed by atoms with E-state index in [1.165, 1.54) is 18.4 Å². The number of para-hydroxylation sites is 1. The van der Waals surface area contributed by atoms with Crippen LogP contribution in [-0.2, 0) is 11.2 Å². The van der Waals surface area contributed by atoms with Crippen molar-refractivity contribution in [2.45, 2.75) is 13.3 Å². The van der Waals surface area contributed by atoms with E-state index in [9.17, 15) is 9.59 Å². The highest BCUT2D eigenvalue weighted by atomic mass is 16.5. The maximum absolute atomic E-state index is 12.8. The van der Waals surface area contributed by atoms with Gasteiger partial charge in [-0.25, -0.2) is 4.79 Å². The highest BCUT2D eigenvalue weighted by Gasteiger charge is 2.12. The number of hydrogen-bond donors (Lipinski definition) is 0. The average molecular weight is 412 g/mol. The number of hydrogen-bond acceptors (Lipinski definition) is 5. The first-order valence-electron chi connectivity index (χ1n) is 9.90. The molecule has 5 heteroatoms. The van der Waals surface area contributed by atoms with E-state index in [-0.39, 0.29) is 16.9 Å². The van der Waals surface area contributed by atoms with Gasteiger partial charge in [-0.15, -0.1) is 0 Å². The van der Waals surface area contributed by atoms with Crippen LogP contribution in [0.15, 0.2) is 94.3 Å². The van der Waals surface area contributed by atoms with Crippen LogP contribution in [0.2, 0.25) is 0 Å². The molecule has 0 atom stereocenters. The van der Waals surface area contributed by atoms with E-state index in [4.69, 9.17) is 13.9 Å². The Morgan fingerprint density at radius 2 is 1.74 bits per heavy atom. The van der Waals surface area contributed by atoms with Gasteiger partial charge in [0.1, 0.15) is 23.3 Å². The molecular formula is C26H20O5. The molecule has 0 unspecified atom stereocenters. The van der Waals surface area contributed by atoms with Crippen LogP contribution >= 0.6 is 0 Å². The van der Waals surface area contributed by atoms with Crippen molar-refractivity contribution in [1.82, 2.24) is 0 Å². The fourth-order valence-corrected chi connectivity index (χ4v) is 3.12. The largest absolute Gasteiger partial charge is 0.460 e. The number of carbonyl (C=O) groups excluding carboxylic acids is 1. The molecule has 0 fully saturated rings. The summed E-state index contributed by atoms with van der Waals surface area (Å²) in [6, 6.07) is 21.6. The molecule has 0 aliphatic rings. The summed E-state index contributed by atoms with van der Waals surface area (Å²) < 4.78 is 16.7. The summed E-state index contributed by atoms with van der Waals surface area (Å²) in [5, 5.41) is 0.339. The molecular weight excluding hydrogens is 392 g/mol. The molecule has 4 rings (SSSR count). The number of benzene rings is 3. The summed E-state index contributed by atoms with van der Waals surface area (Å²) in [5.41, 5.74) is 1.89. The minimum absolute atomic E-state index is 0.101. The Balaban J connectivity index is 1.54. The lowest BCUT2D eigenvalue weighted by atomic mass is 10.1. The Kier molecular flexibility index (Phi) is 5.94. The lowest BCUT2D eigenvalue weighted by Crippen LogP contribution is -2.07. The first-order valence-corrected chi connectivity index (χ1v) is 9.90. The van der Waals surface area contributed by atoms with Crippen LogP contribution in [0.5, 0.6) is 17.2 Å². The van der Waals surface area contributed by atoms with Crippen LogP contribution < -0.4 is 14.9 Å². The monoisotopic (exact) mass is 412 g/mol. The SMILES string of the molecule is CCc1ccccc1Oc1coc2cc(OC(=O)C=Cc3ccccc3)ccc2c1=O. The number of fused-ring (bicyclic) bond motifs is 1. The van der Waals surface area contributed by atoms with Crippen molar-refractivity contribution in [3.05, 3.63) is 106 Å². The van der Waals surface area contributed by atoms with E-state index in [0.29, 0.717) is 16.7 Å². The van der Waals surface area contributed by atoms with Crippen molar-refractivity contribution in [3.63, 3.8) is 0 Å². The van der Waals surface area contributed by atoms with E-state index < -0.39 is 5.97 Å². The number of rotatable bonds is 6. The van der Waals surface area contributed by atoms with Crippen molar-refractivity contribution in [2.24, 2.45) is 0 Å². The number of esters is 1. The summed E-state index contributed by atoms with van der Waals surface area (Å²) in [6.07, 6.45) is 5.07. The van der Waals surface area contributed by atoms with E-state index in [1.807, 2.05) is 61.5 Å². The topological polar surface area (TPSA) is 65.7 Å². The molecule has 0 bridgehead atoms. The molecule has 0 aliphatic heterocycles. The molecule has 1 aromatic heterocycles. The Morgan fingerprint density at radius 3 is 2.55 bits per heavy atom. The van der Waals surface area contributed by atoms with E-state index >= 15 is 0 Å². The van der Waals surface area contributed by atoms with Gasteiger partial charge in [0.2, 0.25) is 11.2 Å². The van der Waals surface area contributed by atoms with Gasteiger partial charge >= 0.3 is 5.97 Å². The minimum Gasteiger partial charge on any atom is -0.460 e. The van der Waals surface area contributed by atoms with Gasteiger partial charge in [-0.2, -0.15) is 0 Å². The molecule has 0 amide bonds. The van der Waals surface area contributed by atoms with E-state index in [1.54, 1.807) is 18.2 Å². The lowest BCUT2D eigenvalue weighted by Gasteiger charge is -2.09. The molecule has 5 nitrogen and oxygen atoms in total. The van der Waals surface area contributed by atoms with Gasteiger partial charge in [0.15, 0.2) is 0 Å². The summed E-state index contributed by atoms with van der Waals surface area (Å²) in [5.74, 6) is 0.473. The molecule has 0 spiro atoms. The van der Waals surface area contributed by atoms with Crippen LogP contribution in [0.3, 0.4) is 0 Å². The lowest BCUT2D eigenvalue weighted by molar-refractivity contribution is -0.128. The van der Waals surface area contributed by atoms with Crippen LogP contribution in [0, 0.1) is 0 Å². The molecule has 0 N–H and O–H groups in total. The van der Waals surface area contributed by atoms with Crippen LogP contribution in [0.25, 0.3) is 17.0 Å². The zero-order valence-electron chi connectivity index (χ0n) is 16.9. The van der Waals surface area contributed by atoms with Crippen molar-refractivity contribution >= 4 is 23.0 Å². The summed E-state index contributed by atoms with van der Waals surface area (Å²) in [7, 11) is 0. The molecule has 0 saturated heterocycles. The van der Waals surface area contributed by atoms with Gasteiger partial charge in [0.25, 0.3) is 0 Å². The van der Waals surface area contributed by atoms with Gasteiger partial charge < -0.3 is 13.9 Å². The normalized spacial score (nSPS) is 11.0. The third-order valence-electron chi connectivity index (χ3n) is 4.72. The van der Waals surface area contributed by atoms with Crippen LogP contribution in [0.4, 0.5) is 0 Å². The Hall–Kier alpha value is -4.12. The van der Waals surface area contributed by atoms with E-state index in [2.05, 4.69) is 0 Å². The van der Waals surface area contributed by atoms with Gasteiger partial charge in [-0.1, -0.05) is 55.5 Å². The summed E-state index contributed by atoms with van der Waals surface area (Å²) >= 11 is 0. The number of aryl methyl sites for hydroxylation is 1. The average Bonchev–Trinajstić information content (AvgIpc) is 2.80. The quantitative estimate of drug-likeness (QED) is 0.229. The molecule has 0 aliphatic carbocycles. The standard InChI is InChI=1S/C26H20O5/c1-2-19-10-6-7-11-22(19)31-24-17-29-23-16-20(13-14-21(23)26(24)28)30-25(27)15-12-18-8-4-3-5-9-18/h3-17H,2H2,1H3. The van der Waals surface area contributed by atoms with Crippen molar-refractivity contribution in [2.75, 3.05) is 0 Å². The fourth-order valence-electron chi connectivity index (χ4n) is 3.12. The highest BCUT2D eigenvalue weighted by Crippen LogP contribution is 2.26. The second kappa shape index (κ2) is 9.13. The van der Waals surface area contributed by atoms with E-state index in [0.717, 1.165) is 17.5 Å². The molecule has 1 heterocycles. The zero-order chi connectivity index (χ0) is 21.6. The van der Waals surface area contributed by atoms with Gasteiger partial charge in [-0.05, 0) is 41.8 Å². The first kappa shape index (κ1) is 20.2. The minimum atomic E-state index is -0.526. The van der Waals surface area contributed by atoms with Gasteiger partial charge in [-0.3, -0.25) is 4.79 Å². The molecule has 0 radical (unpaired) electrons. The van der Waals surface area contributed by atoms with Crippen molar-refractivity contribution in [1.29, 1.82) is 0 Å². The van der Waals surface area contributed by atoms with Crippen LogP contribution in [0.1, 0.15) is 18.1 Å². The zero-order valence-corrected chi connectivity index (χ0v) is 16.9. The predicted molar refractivity (Wildman–Crippen MR) is 119 cm³/mol. The Labute approximate surface area is 179 Å². The van der Waals surface area contributed by atoms with Crippen LogP contribution in [-0.4, -0.2) is 5.97 Å². The molecule has 3 aromatic carbocycles. The second-order valence-corrected chi connectivity index (χ2v) is 6.82.